The van der Waals surface area contributed by atoms with Crippen molar-refractivity contribution in [3.63, 3.8) is 0 Å². The van der Waals surface area contributed by atoms with E-state index >= 15 is 0 Å². The normalized spacial score (nSPS) is 16.8. The molecule has 0 bridgehead atoms. The Morgan fingerprint density at radius 3 is 2.68 bits per heavy atom. The number of thiophene rings is 1. The number of rotatable bonds is 4. The number of ether oxygens (including phenoxy) is 1. The van der Waals surface area contributed by atoms with E-state index in [1.165, 1.54) is 10.1 Å². The summed E-state index contributed by atoms with van der Waals surface area (Å²) >= 11 is 1.61. The summed E-state index contributed by atoms with van der Waals surface area (Å²) in [6.07, 6.45) is 6.37. The topological polar surface area (TPSA) is 34.5 Å². The number of hydrogen-bond acceptors (Lipinski definition) is 3. The summed E-state index contributed by atoms with van der Waals surface area (Å²) in [6, 6.07) is 2.50. The average molecular weight is 320 g/mol. The first-order chi connectivity index (χ1) is 10.6. The lowest BCUT2D eigenvalue weighted by atomic mass is 9.98. The first-order valence-electron chi connectivity index (χ1n) is 7.97. The van der Waals surface area contributed by atoms with Gasteiger partial charge in [-0.25, -0.2) is 0 Å². The number of carbonyl (C=O) groups is 1. The monoisotopic (exact) mass is 320 g/mol. The largest absolute Gasteiger partial charge is 0.384 e. The summed E-state index contributed by atoms with van der Waals surface area (Å²) < 4.78 is 8.62. The van der Waals surface area contributed by atoms with E-state index < -0.39 is 0 Å². The summed E-state index contributed by atoms with van der Waals surface area (Å²) in [4.78, 5) is 15.5. The molecule has 1 aliphatic rings. The minimum atomic E-state index is 0.188. The van der Waals surface area contributed by atoms with Crippen molar-refractivity contribution in [2.45, 2.75) is 32.7 Å². The fourth-order valence-corrected chi connectivity index (χ4v) is 4.10. The lowest BCUT2D eigenvalue weighted by molar-refractivity contribution is 0.0618. The van der Waals surface area contributed by atoms with Gasteiger partial charge in [0.2, 0.25) is 0 Å². The maximum absolute atomic E-state index is 12.6. The van der Waals surface area contributed by atoms with Crippen molar-refractivity contribution < 1.29 is 9.53 Å². The average Bonchev–Trinajstić information content (AvgIpc) is 3.06. The van der Waals surface area contributed by atoms with Crippen molar-refractivity contribution in [1.29, 1.82) is 0 Å². The Labute approximate surface area is 135 Å². The number of piperidine rings is 1. The zero-order chi connectivity index (χ0) is 15.7. The third-order valence-corrected chi connectivity index (χ3v) is 5.53. The van der Waals surface area contributed by atoms with Gasteiger partial charge in [0.05, 0.1) is 9.58 Å². The predicted octanol–water partition coefficient (Wildman–Crippen LogP) is 3.78. The number of carbonyl (C=O) groups excluding carboxylic acids is 1. The van der Waals surface area contributed by atoms with Gasteiger partial charge in [-0.3, -0.25) is 4.79 Å². The summed E-state index contributed by atoms with van der Waals surface area (Å²) in [5, 5.41) is 1.18. The van der Waals surface area contributed by atoms with Crippen LogP contribution in [0, 0.1) is 5.92 Å². The molecule has 0 saturated carbocycles. The van der Waals surface area contributed by atoms with Crippen LogP contribution in [0.5, 0.6) is 0 Å². The smallest absolute Gasteiger partial charge is 0.263 e. The second kappa shape index (κ2) is 6.42. The van der Waals surface area contributed by atoms with Crippen LogP contribution in [0.2, 0.25) is 0 Å². The second-order valence-corrected chi connectivity index (χ2v) is 7.50. The number of hydrogen-bond donors (Lipinski definition) is 0. The van der Waals surface area contributed by atoms with Crippen molar-refractivity contribution in [2.24, 2.45) is 5.92 Å². The molecule has 0 unspecified atom stereocenters. The zero-order valence-electron chi connectivity index (χ0n) is 13.5. The maximum Gasteiger partial charge on any atom is 0.263 e. The fourth-order valence-electron chi connectivity index (χ4n) is 3.05. The first kappa shape index (κ1) is 15.6. The van der Waals surface area contributed by atoms with Gasteiger partial charge in [0.25, 0.3) is 5.91 Å². The van der Waals surface area contributed by atoms with Crippen LogP contribution in [0.4, 0.5) is 0 Å². The number of amides is 1. The molecule has 0 spiro atoms. The summed E-state index contributed by atoms with van der Waals surface area (Å²) in [5.74, 6) is 0.789. The Hall–Kier alpha value is -1.33. The molecule has 3 rings (SSSR count). The summed E-state index contributed by atoms with van der Waals surface area (Å²) in [7, 11) is 1.75. The van der Waals surface area contributed by atoms with E-state index in [-0.39, 0.29) is 5.91 Å². The van der Waals surface area contributed by atoms with Crippen molar-refractivity contribution in [2.75, 3.05) is 26.8 Å². The molecule has 120 valence electrons. The van der Waals surface area contributed by atoms with Crippen LogP contribution in [0.25, 0.3) is 10.1 Å². The Morgan fingerprint density at radius 1 is 1.36 bits per heavy atom. The van der Waals surface area contributed by atoms with Crippen LogP contribution in [0.1, 0.15) is 42.4 Å². The van der Waals surface area contributed by atoms with E-state index in [1.807, 2.05) is 11.0 Å². The number of methoxy groups -OCH3 is 1. The van der Waals surface area contributed by atoms with Crippen LogP contribution >= 0.6 is 11.3 Å². The molecule has 2 aromatic heterocycles. The molecule has 0 radical (unpaired) electrons. The molecule has 0 N–H and O–H groups in total. The summed E-state index contributed by atoms with van der Waals surface area (Å²) in [5.41, 5.74) is 0. The van der Waals surface area contributed by atoms with E-state index in [4.69, 9.17) is 4.74 Å². The van der Waals surface area contributed by atoms with Crippen LogP contribution < -0.4 is 0 Å². The predicted molar refractivity (Wildman–Crippen MR) is 90.7 cm³/mol. The fraction of sp³-hybridized carbons (Fsp3) is 0.588. The van der Waals surface area contributed by atoms with Gasteiger partial charge >= 0.3 is 0 Å². The minimum absolute atomic E-state index is 0.188. The molecule has 4 nitrogen and oxygen atoms in total. The van der Waals surface area contributed by atoms with Gasteiger partial charge in [0.1, 0.15) is 0 Å². The maximum atomic E-state index is 12.6. The Balaban J connectivity index is 1.69. The van der Waals surface area contributed by atoms with Crippen LogP contribution in [0.15, 0.2) is 18.5 Å². The lowest BCUT2D eigenvalue weighted by Gasteiger charge is -2.31. The van der Waals surface area contributed by atoms with Crippen molar-refractivity contribution in [3.8, 4) is 0 Å². The molecule has 1 aliphatic heterocycles. The molecule has 2 aromatic rings. The highest BCUT2D eigenvalue weighted by Gasteiger charge is 2.24. The van der Waals surface area contributed by atoms with E-state index in [2.05, 4.69) is 30.8 Å². The Bertz CT molecular complexity index is 619. The van der Waals surface area contributed by atoms with E-state index in [0.29, 0.717) is 12.0 Å². The van der Waals surface area contributed by atoms with E-state index in [9.17, 15) is 4.79 Å². The summed E-state index contributed by atoms with van der Waals surface area (Å²) in [6.45, 7) is 6.84. The van der Waals surface area contributed by atoms with Crippen LogP contribution in [-0.4, -0.2) is 42.2 Å². The van der Waals surface area contributed by atoms with Crippen molar-refractivity contribution in [3.05, 3.63) is 23.3 Å². The van der Waals surface area contributed by atoms with Gasteiger partial charge in [-0.15, -0.1) is 11.3 Å². The third-order valence-electron chi connectivity index (χ3n) is 4.46. The van der Waals surface area contributed by atoms with Gasteiger partial charge in [-0.1, -0.05) is 0 Å². The molecule has 1 fully saturated rings. The molecule has 22 heavy (non-hydrogen) atoms. The zero-order valence-corrected chi connectivity index (χ0v) is 14.4. The molecule has 1 amide bonds. The first-order valence-corrected chi connectivity index (χ1v) is 8.79. The van der Waals surface area contributed by atoms with Gasteiger partial charge < -0.3 is 14.2 Å². The van der Waals surface area contributed by atoms with E-state index in [1.54, 1.807) is 18.4 Å². The Kier molecular flexibility index (Phi) is 4.54. The molecular formula is C17H24N2O2S. The highest BCUT2D eigenvalue weighted by atomic mass is 32.1. The lowest BCUT2D eigenvalue weighted by Crippen LogP contribution is -2.39. The number of nitrogens with zero attached hydrogens (tertiary/aromatic N) is 2. The molecule has 0 atom stereocenters. The van der Waals surface area contributed by atoms with Gasteiger partial charge in [0, 0.05) is 50.6 Å². The third kappa shape index (κ3) is 3.06. The second-order valence-electron chi connectivity index (χ2n) is 6.42. The van der Waals surface area contributed by atoms with Crippen molar-refractivity contribution in [1.82, 2.24) is 9.47 Å². The van der Waals surface area contributed by atoms with Crippen LogP contribution in [-0.2, 0) is 4.74 Å². The molecule has 0 aliphatic carbocycles. The number of aromatic nitrogens is 1. The molecule has 5 heteroatoms. The van der Waals surface area contributed by atoms with E-state index in [0.717, 1.165) is 37.4 Å². The number of likely N-dealkylation sites (tertiary alicyclic amines) is 1. The molecule has 1 saturated heterocycles. The highest BCUT2D eigenvalue weighted by Crippen LogP contribution is 2.30. The Morgan fingerprint density at radius 2 is 2.09 bits per heavy atom. The minimum Gasteiger partial charge on any atom is -0.384 e. The SMILES string of the molecule is COCC1CCN(C(=O)c2cc3cn(C(C)C)cc3s2)CC1. The van der Waals surface area contributed by atoms with Gasteiger partial charge in [0.15, 0.2) is 0 Å². The number of fused-ring (bicyclic) bond motifs is 1. The molecule has 3 heterocycles. The molecule has 0 aromatic carbocycles. The standard InChI is InChI=1S/C17H24N2O2S/c1-12(2)19-9-14-8-15(22-16(14)10-19)17(20)18-6-4-13(5-7-18)11-21-3/h8-10,12-13H,4-7,11H2,1-3H3. The van der Waals surface area contributed by atoms with Crippen molar-refractivity contribution >= 4 is 27.3 Å². The molecular weight excluding hydrogens is 296 g/mol. The quantitative estimate of drug-likeness (QED) is 0.859. The van der Waals surface area contributed by atoms with Gasteiger partial charge in [-0.2, -0.15) is 0 Å². The van der Waals surface area contributed by atoms with Gasteiger partial charge in [-0.05, 0) is 38.7 Å². The highest BCUT2D eigenvalue weighted by molar-refractivity contribution is 7.20. The van der Waals surface area contributed by atoms with Crippen LogP contribution in [0.3, 0.4) is 0 Å².